The molecule has 0 spiro atoms. The second kappa shape index (κ2) is 7.93. The van der Waals surface area contributed by atoms with Gasteiger partial charge in [-0.2, -0.15) is 0 Å². The first-order valence-corrected chi connectivity index (χ1v) is 7.85. The highest BCUT2D eigenvalue weighted by Gasteiger charge is 2.00. The summed E-state index contributed by atoms with van der Waals surface area (Å²) in [5, 5.41) is 0. The number of rotatable bonds is 6. The Hall–Kier alpha value is -3.13. The number of carbonyl (C=O) groups excluding carboxylic acids is 1. The largest absolute Gasteiger partial charge is 0.489 e. The predicted molar refractivity (Wildman–Crippen MR) is 97.0 cm³/mol. The Labute approximate surface area is 142 Å². The lowest BCUT2D eigenvalue weighted by atomic mass is 10.1. The molecule has 0 aliphatic heterocycles. The van der Waals surface area contributed by atoms with E-state index in [9.17, 15) is 4.79 Å². The Kier molecular flexibility index (Phi) is 5.21. The quantitative estimate of drug-likeness (QED) is 0.464. The Morgan fingerprint density at radius 2 is 1.54 bits per heavy atom. The first-order valence-electron chi connectivity index (χ1n) is 7.85. The van der Waals surface area contributed by atoms with Crippen molar-refractivity contribution in [1.29, 1.82) is 0 Å². The lowest BCUT2D eigenvalue weighted by Crippen LogP contribution is -1.95. The average molecular weight is 314 g/mol. The molecule has 0 aliphatic rings. The highest BCUT2D eigenvalue weighted by molar-refractivity contribution is 6.06. The minimum atomic E-state index is -0.00814. The van der Waals surface area contributed by atoms with E-state index in [4.69, 9.17) is 4.74 Å². The molecule has 0 heterocycles. The van der Waals surface area contributed by atoms with E-state index in [-0.39, 0.29) is 5.78 Å². The van der Waals surface area contributed by atoms with Gasteiger partial charge in [-0.1, -0.05) is 78.9 Å². The second-order valence-electron chi connectivity index (χ2n) is 5.41. The molecular formula is C22H18O2. The van der Waals surface area contributed by atoms with Crippen molar-refractivity contribution >= 4 is 11.9 Å². The van der Waals surface area contributed by atoms with E-state index < -0.39 is 0 Å². The van der Waals surface area contributed by atoms with E-state index in [2.05, 4.69) is 0 Å². The summed E-state index contributed by atoms with van der Waals surface area (Å²) >= 11 is 0. The van der Waals surface area contributed by atoms with E-state index in [0.717, 1.165) is 16.9 Å². The van der Waals surface area contributed by atoms with Crippen LogP contribution >= 0.6 is 0 Å². The van der Waals surface area contributed by atoms with E-state index in [1.165, 1.54) is 0 Å². The lowest BCUT2D eigenvalue weighted by Gasteiger charge is -2.06. The smallest absolute Gasteiger partial charge is 0.185 e. The van der Waals surface area contributed by atoms with E-state index in [0.29, 0.717) is 12.2 Å². The molecule has 0 radical (unpaired) electrons. The summed E-state index contributed by atoms with van der Waals surface area (Å²) in [6, 6.07) is 27.0. The number of ketones is 1. The summed E-state index contributed by atoms with van der Waals surface area (Å²) in [7, 11) is 0. The molecule has 0 bridgehead atoms. The number of benzene rings is 3. The van der Waals surface area contributed by atoms with Crippen molar-refractivity contribution in [3.63, 3.8) is 0 Å². The molecule has 118 valence electrons. The van der Waals surface area contributed by atoms with Crippen LogP contribution in [0.2, 0.25) is 0 Å². The molecule has 0 atom stereocenters. The molecule has 3 aromatic rings. The average Bonchev–Trinajstić information content (AvgIpc) is 2.66. The first kappa shape index (κ1) is 15.8. The Morgan fingerprint density at radius 1 is 0.833 bits per heavy atom. The molecule has 0 unspecified atom stereocenters. The second-order valence-corrected chi connectivity index (χ2v) is 5.41. The summed E-state index contributed by atoms with van der Waals surface area (Å²) in [6.45, 7) is 0.525. The minimum Gasteiger partial charge on any atom is -0.489 e. The van der Waals surface area contributed by atoms with Gasteiger partial charge < -0.3 is 4.74 Å². The molecule has 3 rings (SSSR count). The van der Waals surface area contributed by atoms with Gasteiger partial charge in [0.2, 0.25) is 0 Å². The summed E-state index contributed by atoms with van der Waals surface area (Å²) in [6.07, 6.45) is 3.40. The zero-order chi connectivity index (χ0) is 16.6. The van der Waals surface area contributed by atoms with Gasteiger partial charge in [0.1, 0.15) is 12.4 Å². The van der Waals surface area contributed by atoms with Gasteiger partial charge in [0, 0.05) is 5.56 Å². The van der Waals surface area contributed by atoms with Crippen LogP contribution in [0.1, 0.15) is 21.5 Å². The number of ether oxygens (including phenoxy) is 1. The molecular weight excluding hydrogens is 296 g/mol. The zero-order valence-electron chi connectivity index (χ0n) is 13.3. The van der Waals surface area contributed by atoms with Gasteiger partial charge in [0.25, 0.3) is 0 Å². The van der Waals surface area contributed by atoms with Crippen LogP contribution in [0.5, 0.6) is 5.75 Å². The van der Waals surface area contributed by atoms with Gasteiger partial charge in [-0.3, -0.25) is 4.79 Å². The summed E-state index contributed by atoms with van der Waals surface area (Å²) in [5.41, 5.74) is 2.74. The number of hydrogen-bond donors (Lipinski definition) is 0. The monoisotopic (exact) mass is 314 g/mol. The molecule has 0 saturated heterocycles. The van der Waals surface area contributed by atoms with Crippen molar-refractivity contribution < 1.29 is 9.53 Å². The lowest BCUT2D eigenvalue weighted by molar-refractivity contribution is 0.104. The van der Waals surface area contributed by atoms with Crippen molar-refractivity contribution in [2.45, 2.75) is 6.61 Å². The van der Waals surface area contributed by atoms with Crippen molar-refractivity contribution in [3.05, 3.63) is 108 Å². The zero-order valence-corrected chi connectivity index (χ0v) is 13.3. The Morgan fingerprint density at radius 3 is 2.29 bits per heavy atom. The predicted octanol–water partition coefficient (Wildman–Crippen LogP) is 5.16. The Balaban J connectivity index is 1.65. The summed E-state index contributed by atoms with van der Waals surface area (Å²) in [4.78, 5) is 12.1. The maximum Gasteiger partial charge on any atom is 0.185 e. The number of carbonyl (C=O) groups is 1. The van der Waals surface area contributed by atoms with E-state index in [1.54, 1.807) is 6.08 Å². The molecule has 0 fully saturated rings. The van der Waals surface area contributed by atoms with Gasteiger partial charge in [-0.25, -0.2) is 0 Å². The van der Waals surface area contributed by atoms with Crippen molar-refractivity contribution in [3.8, 4) is 5.75 Å². The van der Waals surface area contributed by atoms with Crippen LogP contribution in [0.4, 0.5) is 0 Å². The Bertz CT molecular complexity index is 821. The molecule has 0 aliphatic carbocycles. The van der Waals surface area contributed by atoms with Gasteiger partial charge in [-0.15, -0.1) is 0 Å². The van der Waals surface area contributed by atoms with Gasteiger partial charge in [0.15, 0.2) is 5.78 Å². The van der Waals surface area contributed by atoms with Crippen LogP contribution in [0.25, 0.3) is 6.08 Å². The van der Waals surface area contributed by atoms with Crippen LogP contribution in [0.3, 0.4) is 0 Å². The van der Waals surface area contributed by atoms with Crippen LogP contribution in [0.15, 0.2) is 91.0 Å². The molecule has 0 aromatic heterocycles. The molecule has 2 nitrogen and oxygen atoms in total. The fourth-order valence-corrected chi connectivity index (χ4v) is 2.32. The van der Waals surface area contributed by atoms with Gasteiger partial charge >= 0.3 is 0 Å². The van der Waals surface area contributed by atoms with Crippen molar-refractivity contribution in [1.82, 2.24) is 0 Å². The fraction of sp³-hybridized carbons (Fsp3) is 0.0455. The third-order valence-electron chi connectivity index (χ3n) is 3.59. The highest BCUT2D eigenvalue weighted by Crippen LogP contribution is 2.16. The molecule has 24 heavy (non-hydrogen) atoms. The molecule has 2 heteroatoms. The van der Waals surface area contributed by atoms with Crippen molar-refractivity contribution in [2.24, 2.45) is 0 Å². The minimum absolute atomic E-state index is 0.00814. The van der Waals surface area contributed by atoms with E-state index >= 15 is 0 Å². The highest BCUT2D eigenvalue weighted by atomic mass is 16.5. The molecule has 3 aromatic carbocycles. The van der Waals surface area contributed by atoms with Crippen LogP contribution < -0.4 is 4.74 Å². The normalized spacial score (nSPS) is 10.7. The topological polar surface area (TPSA) is 26.3 Å². The maximum absolute atomic E-state index is 12.1. The number of allylic oxidation sites excluding steroid dienone is 1. The third kappa shape index (κ3) is 4.43. The molecule has 0 N–H and O–H groups in total. The van der Waals surface area contributed by atoms with Gasteiger partial charge in [-0.05, 0) is 29.3 Å². The molecule has 0 saturated carbocycles. The van der Waals surface area contributed by atoms with Gasteiger partial charge in [0.05, 0.1) is 0 Å². The maximum atomic E-state index is 12.1. The number of hydrogen-bond acceptors (Lipinski definition) is 2. The van der Waals surface area contributed by atoms with E-state index in [1.807, 2.05) is 91.0 Å². The van der Waals surface area contributed by atoms with Crippen LogP contribution in [-0.4, -0.2) is 5.78 Å². The van der Waals surface area contributed by atoms with Crippen LogP contribution in [0, 0.1) is 0 Å². The van der Waals surface area contributed by atoms with Crippen molar-refractivity contribution in [2.75, 3.05) is 0 Å². The standard InChI is InChI=1S/C22H18O2/c23-22(20-11-5-2-6-12-20)15-14-18-10-7-13-21(16-18)24-17-19-8-3-1-4-9-19/h1-16H,17H2. The molecule has 0 amide bonds. The van der Waals surface area contributed by atoms with Crippen LogP contribution in [-0.2, 0) is 6.61 Å². The first-order chi connectivity index (χ1) is 11.8. The summed E-state index contributed by atoms with van der Waals surface area (Å²) < 4.78 is 5.81. The summed E-state index contributed by atoms with van der Waals surface area (Å²) in [5.74, 6) is 0.777. The fourth-order valence-electron chi connectivity index (χ4n) is 2.32. The SMILES string of the molecule is O=C(C=Cc1cccc(OCc2ccccc2)c1)c1ccccc1. The third-order valence-corrected chi connectivity index (χ3v) is 3.59.